The topological polar surface area (TPSA) is 137 Å². The number of pyridine rings is 2. The lowest BCUT2D eigenvalue weighted by Gasteiger charge is -2.08. The Morgan fingerprint density at radius 2 is 1.12 bits per heavy atom. The fourth-order valence-electron chi connectivity index (χ4n) is 6.72. The van der Waals surface area contributed by atoms with Gasteiger partial charge in [-0.05, 0) is 95.7 Å². The van der Waals surface area contributed by atoms with Gasteiger partial charge in [0, 0.05) is 41.6 Å². The molecule has 0 unspecified atom stereocenters. The Morgan fingerprint density at radius 1 is 0.603 bits per heavy atom. The second-order valence-corrected chi connectivity index (χ2v) is 12.8. The number of carbonyl (C=O) groups is 2. The Labute approximate surface area is 332 Å². The fraction of sp³-hybridized carbons (Fsp3) is 0.0213. The summed E-state index contributed by atoms with van der Waals surface area (Å²) in [7, 11) is 0. The van der Waals surface area contributed by atoms with Crippen molar-refractivity contribution >= 4 is 44.4 Å². The van der Waals surface area contributed by atoms with Gasteiger partial charge in [0.2, 0.25) is 11.6 Å². The van der Waals surface area contributed by atoms with Gasteiger partial charge >= 0.3 is 0 Å². The molecule has 0 amide bonds. The van der Waals surface area contributed by atoms with Gasteiger partial charge in [-0.3, -0.25) is 9.59 Å². The van der Waals surface area contributed by atoms with E-state index in [1.807, 2.05) is 100 Å². The summed E-state index contributed by atoms with van der Waals surface area (Å²) in [6.45, 7) is 0. The molecule has 10 nitrogen and oxygen atoms in total. The van der Waals surface area contributed by atoms with Crippen LogP contribution in [0.2, 0.25) is 0 Å². The van der Waals surface area contributed by atoms with Gasteiger partial charge in [0.05, 0.1) is 57.2 Å². The highest BCUT2D eigenvalue weighted by atomic mass is 19.1. The average molecular weight is 761 g/mol. The van der Waals surface area contributed by atoms with Crippen LogP contribution in [-0.2, 0) is 0 Å². The summed E-state index contributed by atoms with van der Waals surface area (Å²) in [6.07, 6.45) is 10.4. The number of nitrogens with one attached hydrogen (secondary N) is 1. The maximum Gasteiger partial charge on any atom is 0.209 e. The number of carbonyl (C=O) groups excluding carboxylic acids is 2. The predicted octanol–water partition coefficient (Wildman–Crippen LogP) is 9.76. The largest absolute Gasteiger partial charge is 0.351 e. The van der Waals surface area contributed by atoms with Gasteiger partial charge in [-0.2, -0.15) is 10.5 Å². The van der Waals surface area contributed by atoms with E-state index in [0.717, 1.165) is 33.0 Å². The number of fused-ring (bicyclic) bond motifs is 6. The molecule has 0 atom stereocenters. The third-order valence-electron chi connectivity index (χ3n) is 9.42. The molecule has 10 aromatic rings. The lowest BCUT2D eigenvalue weighted by Crippen LogP contribution is -2.06. The first-order valence-corrected chi connectivity index (χ1v) is 17.7. The lowest BCUT2D eigenvalue weighted by molar-refractivity contribution is 0.102. The molecule has 4 aromatic carbocycles. The van der Waals surface area contributed by atoms with Gasteiger partial charge in [-0.1, -0.05) is 56.0 Å². The zero-order valence-corrected chi connectivity index (χ0v) is 30.0. The summed E-state index contributed by atoms with van der Waals surface area (Å²) < 4.78 is 18.7. The van der Waals surface area contributed by atoms with E-state index in [4.69, 9.17) is 0 Å². The second-order valence-electron chi connectivity index (χ2n) is 12.8. The molecule has 0 saturated carbocycles. The quantitative estimate of drug-likeness (QED) is 0.174. The Morgan fingerprint density at radius 3 is 1.55 bits per heavy atom. The van der Waals surface area contributed by atoms with Gasteiger partial charge in [0.25, 0.3) is 0 Å². The molecule has 0 fully saturated rings. The Bertz CT molecular complexity index is 3110. The number of hydrogen-bond donors (Lipinski definition) is 1. The number of ketones is 2. The van der Waals surface area contributed by atoms with Crippen LogP contribution in [0.1, 0.15) is 50.7 Å². The molecular weight excluding hydrogens is 728 g/mol. The van der Waals surface area contributed by atoms with E-state index in [1.54, 1.807) is 59.9 Å². The highest BCUT2D eigenvalue weighted by molar-refractivity contribution is 6.11. The van der Waals surface area contributed by atoms with Crippen LogP contribution in [0.4, 0.5) is 4.39 Å². The first kappa shape index (κ1) is 37.9. The number of aromatic amines is 1. The number of H-pyrrole nitrogens is 1. The molecule has 0 aliphatic heterocycles. The van der Waals surface area contributed by atoms with Crippen molar-refractivity contribution in [1.82, 2.24) is 28.3 Å². The molecular formula is C47H33FN8O2. The number of nitriles is 2. The first-order valence-electron chi connectivity index (χ1n) is 17.7. The van der Waals surface area contributed by atoms with E-state index >= 15 is 0 Å². The molecule has 0 spiro atoms. The maximum absolute atomic E-state index is 13.3. The molecule has 0 bridgehead atoms. The molecule has 10 rings (SSSR count). The van der Waals surface area contributed by atoms with Crippen LogP contribution in [0.3, 0.4) is 0 Å². The van der Waals surface area contributed by atoms with Crippen molar-refractivity contribution in [1.29, 1.82) is 10.5 Å². The van der Waals surface area contributed by atoms with Crippen molar-refractivity contribution in [3.8, 4) is 17.8 Å². The van der Waals surface area contributed by atoms with Crippen LogP contribution in [0, 0.1) is 28.5 Å². The van der Waals surface area contributed by atoms with Crippen LogP contribution in [0.25, 0.3) is 38.5 Å². The SMILES string of the molecule is C.N#Cc1cc(C(=O)c2ccc(-n3ccnc3)cc2)n2c1ccc1ccccc12.N#Cc1cc(C(=O)c2ccc(F)cc2)n2c1ccc1ccccc12.c1c[nH]cn1. The number of halogens is 1. The van der Waals surface area contributed by atoms with Gasteiger partial charge in [-0.25, -0.2) is 14.4 Å². The number of para-hydroxylation sites is 2. The zero-order valence-electron chi connectivity index (χ0n) is 30.0. The molecule has 6 aromatic heterocycles. The van der Waals surface area contributed by atoms with E-state index < -0.39 is 5.82 Å². The number of aromatic nitrogens is 6. The van der Waals surface area contributed by atoms with E-state index in [1.165, 1.54) is 24.3 Å². The minimum absolute atomic E-state index is 0. The number of nitrogens with zero attached hydrogens (tertiary/aromatic N) is 7. The van der Waals surface area contributed by atoms with Crippen molar-refractivity contribution < 1.29 is 14.0 Å². The third-order valence-corrected chi connectivity index (χ3v) is 9.42. The standard InChI is InChI=1S/C23H14N4O.C20H11FN2O.C3H4N2.CH4/c24-14-18-13-22(27-20-4-2-1-3-16(20)7-10-21(18)27)23(28)17-5-8-19(9-6-17)26-12-11-25-15-26;21-16-8-5-14(6-9-16)20(24)19-11-15(12-22)18-10-7-13-3-1-2-4-17(13)23(18)19;1-2-5-3-4-1;/h1-13,15H;1-11H;1-3H,(H,4,5);1H4. The van der Waals surface area contributed by atoms with Crippen molar-refractivity contribution in [2.24, 2.45) is 0 Å². The van der Waals surface area contributed by atoms with Gasteiger partial charge in [-0.15, -0.1) is 0 Å². The van der Waals surface area contributed by atoms with E-state index in [-0.39, 0.29) is 19.0 Å². The molecule has 0 aliphatic carbocycles. The summed E-state index contributed by atoms with van der Waals surface area (Å²) in [5.74, 6) is -0.761. The molecule has 58 heavy (non-hydrogen) atoms. The van der Waals surface area contributed by atoms with Crippen LogP contribution in [0.5, 0.6) is 0 Å². The first-order chi connectivity index (χ1) is 27.9. The Hall–Kier alpha value is -8.41. The molecule has 0 radical (unpaired) electrons. The summed E-state index contributed by atoms with van der Waals surface area (Å²) in [5, 5.41) is 20.9. The van der Waals surface area contributed by atoms with Gasteiger partial charge in [0.15, 0.2) is 0 Å². The zero-order chi connectivity index (χ0) is 39.3. The molecule has 0 saturated heterocycles. The monoisotopic (exact) mass is 760 g/mol. The summed E-state index contributed by atoms with van der Waals surface area (Å²) in [5.41, 5.74) is 6.85. The molecule has 6 heterocycles. The maximum atomic E-state index is 13.3. The van der Waals surface area contributed by atoms with E-state index in [9.17, 15) is 24.5 Å². The highest BCUT2D eigenvalue weighted by Crippen LogP contribution is 2.27. The molecule has 0 aliphatic rings. The molecule has 280 valence electrons. The number of benzene rings is 4. The number of hydrogen-bond acceptors (Lipinski definition) is 6. The highest BCUT2D eigenvalue weighted by Gasteiger charge is 2.20. The Kier molecular flexibility index (Phi) is 10.8. The van der Waals surface area contributed by atoms with Crippen LogP contribution < -0.4 is 0 Å². The van der Waals surface area contributed by atoms with Crippen LogP contribution in [-0.4, -0.2) is 39.9 Å². The van der Waals surface area contributed by atoms with Crippen LogP contribution >= 0.6 is 0 Å². The average Bonchev–Trinajstić information content (AvgIpc) is 4.12. The van der Waals surface area contributed by atoms with Gasteiger partial charge < -0.3 is 18.4 Å². The number of rotatable bonds is 5. The van der Waals surface area contributed by atoms with Crippen molar-refractivity contribution in [3.63, 3.8) is 0 Å². The smallest absolute Gasteiger partial charge is 0.209 e. The lowest BCUT2D eigenvalue weighted by atomic mass is 10.1. The van der Waals surface area contributed by atoms with Crippen molar-refractivity contribution in [2.45, 2.75) is 7.43 Å². The summed E-state index contributed by atoms with van der Waals surface area (Å²) >= 11 is 0. The predicted molar refractivity (Wildman–Crippen MR) is 221 cm³/mol. The van der Waals surface area contributed by atoms with Crippen molar-refractivity contribution in [3.05, 3.63) is 210 Å². The van der Waals surface area contributed by atoms with Crippen molar-refractivity contribution in [2.75, 3.05) is 0 Å². The fourth-order valence-corrected chi connectivity index (χ4v) is 6.72. The minimum atomic E-state index is -0.394. The summed E-state index contributed by atoms with van der Waals surface area (Å²) in [4.78, 5) is 36.6. The molecule has 1 N–H and O–H groups in total. The number of imidazole rings is 2. The minimum Gasteiger partial charge on any atom is -0.351 e. The van der Waals surface area contributed by atoms with Crippen LogP contribution in [0.15, 0.2) is 171 Å². The normalized spacial score (nSPS) is 10.5. The van der Waals surface area contributed by atoms with E-state index in [2.05, 4.69) is 27.1 Å². The Balaban J connectivity index is 0.000000156. The van der Waals surface area contributed by atoms with E-state index in [0.29, 0.717) is 39.2 Å². The third kappa shape index (κ3) is 7.22. The van der Waals surface area contributed by atoms with Gasteiger partial charge in [0.1, 0.15) is 18.0 Å². The summed E-state index contributed by atoms with van der Waals surface area (Å²) in [6, 6.07) is 43.5. The second kappa shape index (κ2) is 16.5. The molecule has 11 heteroatoms.